The highest BCUT2D eigenvalue weighted by molar-refractivity contribution is 5.76. The summed E-state index contributed by atoms with van der Waals surface area (Å²) in [7, 11) is 0. The van der Waals surface area contributed by atoms with Crippen molar-refractivity contribution in [1.29, 1.82) is 0 Å². The van der Waals surface area contributed by atoms with Gasteiger partial charge in [-0.15, -0.1) is 0 Å². The maximum Gasteiger partial charge on any atom is 0.220 e. The van der Waals surface area contributed by atoms with Gasteiger partial charge in [-0.05, 0) is 43.9 Å². The molecule has 2 fully saturated rings. The number of carbonyl (C=O) groups excluding carboxylic acids is 1. The largest absolute Gasteiger partial charge is 0.393 e. The van der Waals surface area contributed by atoms with E-state index >= 15 is 0 Å². The Morgan fingerprint density at radius 3 is 2.65 bits per heavy atom. The van der Waals surface area contributed by atoms with E-state index in [1.165, 1.54) is 12.8 Å². The van der Waals surface area contributed by atoms with Gasteiger partial charge in [0.1, 0.15) is 0 Å². The quantitative estimate of drug-likeness (QED) is 0.731. The molecule has 0 bridgehead atoms. The Labute approximate surface area is 103 Å². The number of amides is 1. The summed E-state index contributed by atoms with van der Waals surface area (Å²) in [6.45, 7) is 2.12. The maximum absolute atomic E-state index is 11.4. The number of rotatable bonds is 6. The van der Waals surface area contributed by atoms with E-state index in [4.69, 9.17) is 4.74 Å². The molecule has 17 heavy (non-hydrogen) atoms. The maximum atomic E-state index is 11.4. The van der Waals surface area contributed by atoms with E-state index in [1.54, 1.807) is 0 Å². The van der Waals surface area contributed by atoms with Gasteiger partial charge in [0.25, 0.3) is 0 Å². The molecule has 0 spiro atoms. The predicted molar refractivity (Wildman–Crippen MR) is 64.5 cm³/mol. The molecule has 0 aromatic carbocycles. The first-order valence-corrected chi connectivity index (χ1v) is 6.78. The van der Waals surface area contributed by atoms with E-state index in [0.29, 0.717) is 31.2 Å². The van der Waals surface area contributed by atoms with Crippen LogP contribution in [0.25, 0.3) is 0 Å². The lowest BCUT2D eigenvalue weighted by atomic mass is 9.92. The lowest BCUT2D eigenvalue weighted by molar-refractivity contribution is -0.121. The normalized spacial score (nSPS) is 23.4. The van der Waals surface area contributed by atoms with Crippen LogP contribution in [0.4, 0.5) is 0 Å². The molecule has 0 unspecified atom stereocenters. The molecule has 2 N–H and O–H groups in total. The highest BCUT2D eigenvalue weighted by atomic mass is 16.5. The number of aliphatic hydroxyl groups excluding tert-OH is 1. The molecule has 1 atom stereocenters. The van der Waals surface area contributed by atoms with Crippen LogP contribution < -0.4 is 5.32 Å². The second-order valence-electron chi connectivity index (χ2n) is 5.30. The Kier molecular flexibility index (Phi) is 4.80. The molecular weight excluding hydrogens is 218 g/mol. The van der Waals surface area contributed by atoms with E-state index in [1.807, 2.05) is 0 Å². The van der Waals surface area contributed by atoms with Gasteiger partial charge >= 0.3 is 0 Å². The van der Waals surface area contributed by atoms with Gasteiger partial charge in [0.15, 0.2) is 0 Å². The van der Waals surface area contributed by atoms with E-state index < -0.39 is 0 Å². The Hall–Kier alpha value is -0.610. The first-order valence-electron chi connectivity index (χ1n) is 6.78. The molecule has 1 saturated carbocycles. The zero-order chi connectivity index (χ0) is 12.1. The van der Waals surface area contributed by atoms with Gasteiger partial charge in [-0.25, -0.2) is 0 Å². The Morgan fingerprint density at radius 2 is 2.00 bits per heavy atom. The van der Waals surface area contributed by atoms with Gasteiger partial charge in [0.05, 0.1) is 6.10 Å². The summed E-state index contributed by atoms with van der Waals surface area (Å²) in [6, 6.07) is 0. The van der Waals surface area contributed by atoms with Crippen LogP contribution in [0.1, 0.15) is 38.5 Å². The summed E-state index contributed by atoms with van der Waals surface area (Å²) in [5, 5.41) is 12.9. The van der Waals surface area contributed by atoms with Crippen LogP contribution in [0.5, 0.6) is 0 Å². The first-order chi connectivity index (χ1) is 8.25. The molecule has 0 aromatic heterocycles. The van der Waals surface area contributed by atoms with E-state index in [-0.39, 0.29) is 12.0 Å². The second-order valence-corrected chi connectivity index (χ2v) is 5.30. The predicted octanol–water partition coefficient (Wildman–Crippen LogP) is 1.08. The smallest absolute Gasteiger partial charge is 0.220 e. The minimum atomic E-state index is -0.292. The summed E-state index contributed by atoms with van der Waals surface area (Å²) in [6.07, 6.45) is 5.35. The third-order valence-electron chi connectivity index (χ3n) is 3.74. The Bertz CT molecular complexity index is 247. The van der Waals surface area contributed by atoms with Crippen molar-refractivity contribution in [3.63, 3.8) is 0 Å². The molecule has 0 aromatic rings. The molecular formula is C13H23NO3. The summed E-state index contributed by atoms with van der Waals surface area (Å²) >= 11 is 0. The van der Waals surface area contributed by atoms with E-state index in [0.717, 1.165) is 26.1 Å². The van der Waals surface area contributed by atoms with Gasteiger partial charge in [0.2, 0.25) is 5.91 Å². The average Bonchev–Trinajstić information content (AvgIpc) is 3.14. The minimum absolute atomic E-state index is 0.145. The fourth-order valence-electron chi connectivity index (χ4n) is 2.35. The van der Waals surface area contributed by atoms with Crippen LogP contribution in [0, 0.1) is 11.8 Å². The standard InChI is InChI=1S/C13H23NO3/c15-12(11-4-7-17-8-5-11)3-6-14-13(16)9-10-1-2-10/h10-12,15H,1-9H2,(H,14,16)/t12-/m0/s1. The van der Waals surface area contributed by atoms with Gasteiger partial charge < -0.3 is 15.2 Å². The fourth-order valence-corrected chi connectivity index (χ4v) is 2.35. The van der Waals surface area contributed by atoms with Crippen LogP contribution in [-0.4, -0.2) is 36.9 Å². The molecule has 1 saturated heterocycles. The summed E-state index contributed by atoms with van der Waals surface area (Å²) < 4.78 is 5.26. The monoisotopic (exact) mass is 241 g/mol. The molecule has 0 radical (unpaired) electrons. The Morgan fingerprint density at radius 1 is 1.29 bits per heavy atom. The molecule has 1 aliphatic heterocycles. The van der Waals surface area contributed by atoms with Gasteiger partial charge in [-0.1, -0.05) is 0 Å². The van der Waals surface area contributed by atoms with Crippen LogP contribution in [0.15, 0.2) is 0 Å². The fraction of sp³-hybridized carbons (Fsp3) is 0.923. The number of hydrogen-bond donors (Lipinski definition) is 2. The highest BCUT2D eigenvalue weighted by Gasteiger charge is 2.25. The molecule has 4 heteroatoms. The lowest BCUT2D eigenvalue weighted by Gasteiger charge is -2.26. The molecule has 2 aliphatic rings. The summed E-state index contributed by atoms with van der Waals surface area (Å²) in [5.41, 5.74) is 0. The van der Waals surface area contributed by atoms with Crippen LogP contribution in [0.3, 0.4) is 0 Å². The first kappa shape index (κ1) is 12.8. The number of aliphatic hydroxyl groups is 1. The van der Waals surface area contributed by atoms with Gasteiger partial charge in [0, 0.05) is 26.2 Å². The van der Waals surface area contributed by atoms with Crippen molar-refractivity contribution < 1.29 is 14.6 Å². The van der Waals surface area contributed by atoms with Crippen molar-refractivity contribution in [2.24, 2.45) is 11.8 Å². The van der Waals surface area contributed by atoms with Crippen LogP contribution in [0.2, 0.25) is 0 Å². The zero-order valence-corrected chi connectivity index (χ0v) is 10.4. The van der Waals surface area contributed by atoms with Crippen LogP contribution in [-0.2, 0) is 9.53 Å². The molecule has 98 valence electrons. The van der Waals surface area contributed by atoms with Gasteiger partial charge in [-0.2, -0.15) is 0 Å². The lowest BCUT2D eigenvalue weighted by Crippen LogP contribution is -2.32. The molecule has 4 nitrogen and oxygen atoms in total. The molecule has 1 heterocycles. The third kappa shape index (κ3) is 4.64. The van der Waals surface area contributed by atoms with Crippen molar-refractivity contribution in [3.8, 4) is 0 Å². The minimum Gasteiger partial charge on any atom is -0.393 e. The van der Waals surface area contributed by atoms with Crippen molar-refractivity contribution in [2.45, 2.75) is 44.6 Å². The van der Waals surface area contributed by atoms with Crippen molar-refractivity contribution in [3.05, 3.63) is 0 Å². The number of ether oxygens (including phenoxy) is 1. The molecule has 1 aliphatic carbocycles. The molecule has 2 rings (SSSR count). The zero-order valence-electron chi connectivity index (χ0n) is 10.4. The number of hydrogen-bond acceptors (Lipinski definition) is 3. The van der Waals surface area contributed by atoms with Crippen LogP contribution >= 0.6 is 0 Å². The van der Waals surface area contributed by atoms with Crippen molar-refractivity contribution >= 4 is 5.91 Å². The third-order valence-corrected chi connectivity index (χ3v) is 3.74. The molecule has 1 amide bonds. The second kappa shape index (κ2) is 6.36. The van der Waals surface area contributed by atoms with Crippen molar-refractivity contribution in [1.82, 2.24) is 5.32 Å². The number of nitrogens with one attached hydrogen (secondary N) is 1. The topological polar surface area (TPSA) is 58.6 Å². The highest BCUT2D eigenvalue weighted by Crippen LogP contribution is 2.32. The SMILES string of the molecule is O=C(CC1CC1)NCC[C@H](O)C1CCOCC1. The van der Waals surface area contributed by atoms with Crippen molar-refractivity contribution in [2.75, 3.05) is 19.8 Å². The Balaban J connectivity index is 1.55. The van der Waals surface area contributed by atoms with E-state index in [9.17, 15) is 9.90 Å². The van der Waals surface area contributed by atoms with E-state index in [2.05, 4.69) is 5.32 Å². The summed E-state index contributed by atoms with van der Waals surface area (Å²) in [5.74, 6) is 1.13. The van der Waals surface area contributed by atoms with Gasteiger partial charge in [-0.3, -0.25) is 4.79 Å². The average molecular weight is 241 g/mol. The summed E-state index contributed by atoms with van der Waals surface area (Å²) in [4.78, 5) is 11.4. The number of carbonyl (C=O) groups is 1.